The van der Waals surface area contributed by atoms with E-state index >= 15 is 0 Å². The summed E-state index contributed by atoms with van der Waals surface area (Å²) in [5.41, 5.74) is -2.32. The van der Waals surface area contributed by atoms with E-state index in [1.807, 2.05) is 20.8 Å². The summed E-state index contributed by atoms with van der Waals surface area (Å²) in [5.74, 6) is -2.52. The van der Waals surface area contributed by atoms with Crippen LogP contribution in [0.3, 0.4) is 0 Å². The molecule has 0 aliphatic carbocycles. The molecule has 0 radical (unpaired) electrons. The van der Waals surface area contributed by atoms with Gasteiger partial charge in [0.1, 0.15) is 15.5 Å². The summed E-state index contributed by atoms with van der Waals surface area (Å²) < 4.78 is 41.0. The standard InChI is InChI=1S/C14H18ClFO3.C8H15BrO2.C6H4ClFO.CH2O3.2K.H/c1-13(2,3)19-12(17)14(4,5)18-11-7-6-9(15)8-10(11)16;1-7(2,3)11-6(10)8(4,5)9;7-4-1-2-6(9)5(8)3-4;2-1-4-3;;;/h6-8H,1-5H3;1-5H3;1-3,9H;1,3H;;;/q;;;;2*+1;-1/p-1. The van der Waals surface area contributed by atoms with Crippen LogP contribution in [0.4, 0.5) is 8.78 Å². The van der Waals surface area contributed by atoms with E-state index in [2.05, 4.69) is 20.8 Å². The first-order chi connectivity index (χ1) is 19.3. The Kier molecular flexibility index (Phi) is 27.8. The number of phenols is 1. The fraction of sp³-hybridized carbons (Fsp3) is 0.483. The Morgan fingerprint density at radius 1 is 0.822 bits per heavy atom. The molecule has 0 saturated heterocycles. The van der Waals surface area contributed by atoms with Gasteiger partial charge in [0, 0.05) is 10.0 Å². The average molecular weight is 799 g/mol. The number of carbonyl (C=O) groups is 3. The topological polar surface area (TPSA) is 131 Å². The van der Waals surface area contributed by atoms with Gasteiger partial charge >= 0.3 is 115 Å². The Hall–Kier alpha value is 0.603. The molecule has 0 aromatic heterocycles. The van der Waals surface area contributed by atoms with Crippen LogP contribution in [0.1, 0.15) is 70.7 Å². The Morgan fingerprint density at radius 3 is 1.49 bits per heavy atom. The zero-order chi connectivity index (χ0) is 34.4. The van der Waals surface area contributed by atoms with E-state index < -0.39 is 38.7 Å². The fourth-order valence-electron chi connectivity index (χ4n) is 2.16. The maximum absolute atomic E-state index is 13.6. The third-order valence-electron chi connectivity index (χ3n) is 3.98. The number of aromatic hydroxyl groups is 1. The molecule has 0 unspecified atom stereocenters. The normalized spacial score (nSPS) is 10.7. The van der Waals surface area contributed by atoms with Crippen molar-refractivity contribution in [2.24, 2.45) is 0 Å². The van der Waals surface area contributed by atoms with Crippen LogP contribution in [0.5, 0.6) is 11.5 Å². The van der Waals surface area contributed by atoms with E-state index in [1.54, 1.807) is 34.6 Å². The Morgan fingerprint density at radius 2 is 1.20 bits per heavy atom. The molecule has 16 heteroatoms. The van der Waals surface area contributed by atoms with Crippen molar-refractivity contribution in [2.75, 3.05) is 0 Å². The molecule has 0 bridgehead atoms. The molecule has 0 saturated carbocycles. The molecule has 0 spiro atoms. The number of hydrogen-bond donors (Lipinski definition) is 1. The molecule has 0 atom stereocenters. The summed E-state index contributed by atoms with van der Waals surface area (Å²) in [7, 11) is 0. The second-order valence-corrected chi connectivity index (χ2v) is 14.3. The number of halogens is 5. The van der Waals surface area contributed by atoms with Crippen molar-refractivity contribution in [3.8, 4) is 11.5 Å². The minimum atomic E-state index is -1.29. The van der Waals surface area contributed by atoms with Crippen molar-refractivity contribution >= 4 is 57.5 Å². The second kappa shape index (κ2) is 23.9. The molecular weight excluding hydrogens is 759 g/mol. The van der Waals surface area contributed by atoms with Crippen LogP contribution in [0.25, 0.3) is 0 Å². The van der Waals surface area contributed by atoms with Gasteiger partial charge in [-0.1, -0.05) is 39.1 Å². The molecule has 45 heavy (non-hydrogen) atoms. The number of benzene rings is 2. The van der Waals surface area contributed by atoms with Gasteiger partial charge in [-0.05, 0) is 106 Å². The van der Waals surface area contributed by atoms with Gasteiger partial charge in [-0.15, -0.1) is 0 Å². The summed E-state index contributed by atoms with van der Waals surface area (Å²) in [5, 5.41) is 17.6. The van der Waals surface area contributed by atoms with E-state index in [0.29, 0.717) is 0 Å². The zero-order valence-electron chi connectivity index (χ0n) is 28.6. The third kappa shape index (κ3) is 27.2. The van der Waals surface area contributed by atoms with Gasteiger partial charge in [-0.25, -0.2) is 13.6 Å². The van der Waals surface area contributed by atoms with Gasteiger partial charge in [-0.2, -0.15) is 0 Å². The van der Waals surface area contributed by atoms with E-state index in [0.717, 1.165) is 12.1 Å². The first-order valence-electron chi connectivity index (χ1n) is 12.4. The predicted octanol–water partition coefficient (Wildman–Crippen LogP) is 1.22. The van der Waals surface area contributed by atoms with Gasteiger partial charge < -0.3 is 30.9 Å². The van der Waals surface area contributed by atoms with E-state index in [4.69, 9.17) is 52.6 Å². The number of rotatable bonds is 5. The number of hydrogen-bond acceptors (Lipinski definition) is 9. The largest absolute Gasteiger partial charge is 1.00 e. The maximum atomic E-state index is 13.6. The van der Waals surface area contributed by atoms with Crippen LogP contribution in [-0.4, -0.2) is 44.6 Å². The minimum Gasteiger partial charge on any atom is -1.00 e. The number of esters is 2. The first-order valence-corrected chi connectivity index (χ1v) is 14.0. The molecule has 1 N–H and O–H groups in total. The molecule has 2 aromatic rings. The summed E-state index contributed by atoms with van der Waals surface area (Å²) in [4.78, 5) is 34.4. The molecule has 0 aliphatic rings. The van der Waals surface area contributed by atoms with E-state index in [1.165, 1.54) is 38.1 Å². The van der Waals surface area contributed by atoms with Crippen LogP contribution in [-0.2, 0) is 28.7 Å². The molecule has 0 amide bonds. The summed E-state index contributed by atoms with van der Waals surface area (Å²) in [6.07, 6.45) is 0. The predicted molar refractivity (Wildman–Crippen MR) is 162 cm³/mol. The van der Waals surface area contributed by atoms with Crippen molar-refractivity contribution in [1.29, 1.82) is 0 Å². The Balaban J connectivity index is -0.000000178. The Bertz CT molecular complexity index is 1210. The molecule has 9 nitrogen and oxygen atoms in total. The van der Waals surface area contributed by atoms with Crippen molar-refractivity contribution in [2.45, 2.75) is 90.4 Å². The molecular formula is C29H39BrCl2F2K2O9. The summed E-state index contributed by atoms with van der Waals surface area (Å²) in [6.45, 7) is 17.2. The molecule has 2 aromatic carbocycles. The van der Waals surface area contributed by atoms with Crippen molar-refractivity contribution in [3.05, 3.63) is 58.1 Å². The van der Waals surface area contributed by atoms with Crippen LogP contribution in [0.15, 0.2) is 36.4 Å². The average Bonchev–Trinajstić information content (AvgIpc) is 2.82. The summed E-state index contributed by atoms with van der Waals surface area (Å²) >= 11 is 14.2. The Labute approximate surface area is 368 Å². The fourth-order valence-corrected chi connectivity index (χ4v) is 2.55. The van der Waals surface area contributed by atoms with Gasteiger partial charge in [0.05, 0.1) is 0 Å². The molecule has 246 valence electrons. The number of ether oxygens (including phenoxy) is 3. The molecule has 0 heterocycles. The van der Waals surface area contributed by atoms with E-state index in [9.17, 15) is 18.4 Å². The SMILES string of the molecule is CC(C)(C)OC(=O)C(C)(C)Br.CC(C)(C)OC(=O)C(C)(C)Oc1ccc(Cl)cc1F.O=CO[O-].Oc1ccc(Cl)cc1F.[H-].[K+].[K+]. The first kappa shape index (κ1) is 52.4. The molecule has 2 rings (SSSR count). The number of alkyl halides is 1. The molecule has 0 aliphatic heterocycles. The van der Waals surface area contributed by atoms with Crippen LogP contribution < -0.4 is 113 Å². The summed E-state index contributed by atoms with van der Waals surface area (Å²) in [6, 6.07) is 7.67. The van der Waals surface area contributed by atoms with Crippen molar-refractivity contribution in [1.82, 2.24) is 0 Å². The van der Waals surface area contributed by atoms with Gasteiger partial charge in [-0.3, -0.25) is 9.59 Å². The van der Waals surface area contributed by atoms with Crippen LogP contribution in [0.2, 0.25) is 10.0 Å². The smallest absolute Gasteiger partial charge is 1.00 e. The number of carbonyl (C=O) groups excluding carboxylic acids is 3. The van der Waals surface area contributed by atoms with Gasteiger partial charge in [0.25, 0.3) is 6.47 Å². The molecule has 0 fully saturated rings. The third-order valence-corrected chi connectivity index (χ3v) is 4.78. The number of phenolic OH excluding ortho intramolecular Hbond substituents is 1. The van der Waals surface area contributed by atoms with Gasteiger partial charge in [0.15, 0.2) is 28.7 Å². The second-order valence-electron chi connectivity index (χ2n) is 11.5. The monoisotopic (exact) mass is 796 g/mol. The van der Waals surface area contributed by atoms with Crippen molar-refractivity contribution in [3.63, 3.8) is 0 Å². The zero-order valence-corrected chi connectivity index (χ0v) is 37.0. The maximum Gasteiger partial charge on any atom is 1.00 e. The van der Waals surface area contributed by atoms with Crippen LogP contribution in [0, 0.1) is 11.6 Å². The van der Waals surface area contributed by atoms with Crippen LogP contribution >= 0.6 is 39.1 Å². The van der Waals surface area contributed by atoms with E-state index in [-0.39, 0.29) is 138 Å². The van der Waals surface area contributed by atoms with Crippen molar-refractivity contribution < 1.29 is 157 Å². The van der Waals surface area contributed by atoms with Gasteiger partial charge in [0.2, 0.25) is 0 Å². The quantitative estimate of drug-likeness (QED) is 0.119. The minimum absolute atomic E-state index is 0.